The van der Waals surface area contributed by atoms with Crippen molar-refractivity contribution >= 4 is 11.8 Å². The molecular formula is C12H20N2S. The van der Waals surface area contributed by atoms with Crippen LogP contribution in [0.15, 0.2) is 11.1 Å². The molecule has 1 saturated carbocycles. The molecule has 0 aromatic carbocycles. The van der Waals surface area contributed by atoms with Crippen molar-refractivity contribution in [3.05, 3.63) is 11.8 Å². The molecule has 0 bridgehead atoms. The lowest BCUT2D eigenvalue weighted by Crippen LogP contribution is -2.09. The maximum absolute atomic E-state index is 4.37. The van der Waals surface area contributed by atoms with Crippen molar-refractivity contribution in [2.75, 3.05) is 5.75 Å². The molecule has 0 saturated heterocycles. The summed E-state index contributed by atoms with van der Waals surface area (Å²) >= 11 is 1.97. The van der Waals surface area contributed by atoms with E-state index in [0.29, 0.717) is 0 Å². The Morgan fingerprint density at radius 2 is 2.13 bits per heavy atom. The van der Waals surface area contributed by atoms with Crippen LogP contribution in [0.5, 0.6) is 0 Å². The highest BCUT2D eigenvalue weighted by atomic mass is 32.2. The summed E-state index contributed by atoms with van der Waals surface area (Å²) in [6.07, 6.45) is 7.20. The second kappa shape index (κ2) is 5.06. The molecule has 0 unspecified atom stereocenters. The Labute approximate surface area is 96.4 Å². The first kappa shape index (κ1) is 11.1. The summed E-state index contributed by atoms with van der Waals surface area (Å²) in [5.74, 6) is 2.22. The molecular weight excluding hydrogens is 204 g/mol. The lowest BCUT2D eigenvalue weighted by atomic mass is 9.91. The number of rotatable bonds is 3. The molecule has 1 aliphatic carbocycles. The van der Waals surface area contributed by atoms with Crippen molar-refractivity contribution in [1.82, 2.24) is 9.78 Å². The second-order valence-electron chi connectivity index (χ2n) is 4.56. The largest absolute Gasteiger partial charge is 0.262 e. The quantitative estimate of drug-likeness (QED) is 0.732. The van der Waals surface area contributed by atoms with Crippen LogP contribution in [-0.4, -0.2) is 15.5 Å². The summed E-state index contributed by atoms with van der Waals surface area (Å²) in [4.78, 5) is 0. The zero-order chi connectivity index (χ0) is 10.7. The van der Waals surface area contributed by atoms with Crippen molar-refractivity contribution < 1.29 is 0 Å². The van der Waals surface area contributed by atoms with Crippen LogP contribution in [0.25, 0.3) is 0 Å². The van der Waals surface area contributed by atoms with Crippen LogP contribution < -0.4 is 0 Å². The van der Waals surface area contributed by atoms with Crippen molar-refractivity contribution in [1.29, 1.82) is 0 Å². The Morgan fingerprint density at radius 3 is 2.73 bits per heavy atom. The molecule has 1 aromatic rings. The third kappa shape index (κ3) is 3.00. The standard InChI is InChI=1S/C12H20N2S/c1-10-8-12(14(2)13-10)15-9-11-6-4-3-5-7-11/h8,11H,3-7,9H2,1-2H3. The number of hydrogen-bond donors (Lipinski definition) is 0. The molecule has 2 rings (SSSR count). The van der Waals surface area contributed by atoms with Gasteiger partial charge in [0.1, 0.15) is 0 Å². The summed E-state index contributed by atoms with van der Waals surface area (Å²) in [7, 11) is 2.04. The minimum absolute atomic E-state index is 0.943. The molecule has 1 fully saturated rings. The topological polar surface area (TPSA) is 17.8 Å². The van der Waals surface area contributed by atoms with Gasteiger partial charge in [0.15, 0.2) is 0 Å². The predicted octanol–water partition coefficient (Wildman–Crippen LogP) is 3.40. The lowest BCUT2D eigenvalue weighted by Gasteiger charge is -2.20. The molecule has 0 N–H and O–H groups in total. The van der Waals surface area contributed by atoms with Crippen LogP contribution in [0.3, 0.4) is 0 Å². The van der Waals surface area contributed by atoms with E-state index >= 15 is 0 Å². The van der Waals surface area contributed by atoms with Crippen LogP contribution in [0, 0.1) is 12.8 Å². The van der Waals surface area contributed by atoms with Gasteiger partial charge in [-0.15, -0.1) is 11.8 Å². The molecule has 1 heterocycles. The molecule has 1 aromatic heterocycles. The van der Waals surface area contributed by atoms with Gasteiger partial charge in [-0.25, -0.2) is 0 Å². The SMILES string of the molecule is Cc1cc(SCC2CCCCC2)n(C)n1. The van der Waals surface area contributed by atoms with E-state index in [2.05, 4.69) is 18.1 Å². The van der Waals surface area contributed by atoms with E-state index < -0.39 is 0 Å². The van der Waals surface area contributed by atoms with E-state index in [0.717, 1.165) is 11.6 Å². The predicted molar refractivity (Wildman–Crippen MR) is 65.2 cm³/mol. The smallest absolute Gasteiger partial charge is 0.0939 e. The van der Waals surface area contributed by atoms with E-state index in [-0.39, 0.29) is 0 Å². The summed E-state index contributed by atoms with van der Waals surface area (Å²) in [5.41, 5.74) is 1.13. The minimum atomic E-state index is 0.943. The van der Waals surface area contributed by atoms with Gasteiger partial charge < -0.3 is 0 Å². The number of aryl methyl sites for hydroxylation is 2. The zero-order valence-electron chi connectivity index (χ0n) is 9.70. The van der Waals surface area contributed by atoms with Gasteiger partial charge in [0.05, 0.1) is 10.7 Å². The van der Waals surface area contributed by atoms with Crippen LogP contribution >= 0.6 is 11.8 Å². The Kier molecular flexibility index (Phi) is 3.73. The van der Waals surface area contributed by atoms with E-state index in [9.17, 15) is 0 Å². The van der Waals surface area contributed by atoms with Crippen LogP contribution in [0.1, 0.15) is 37.8 Å². The van der Waals surface area contributed by atoms with Crippen LogP contribution in [-0.2, 0) is 7.05 Å². The van der Waals surface area contributed by atoms with Crippen LogP contribution in [0.4, 0.5) is 0 Å². The first-order valence-electron chi connectivity index (χ1n) is 5.89. The maximum atomic E-state index is 4.37. The van der Waals surface area contributed by atoms with Crippen molar-refractivity contribution in [2.45, 2.75) is 44.1 Å². The van der Waals surface area contributed by atoms with Crippen molar-refractivity contribution in [2.24, 2.45) is 13.0 Å². The maximum Gasteiger partial charge on any atom is 0.0939 e. The van der Waals surface area contributed by atoms with Gasteiger partial charge in [0, 0.05) is 12.8 Å². The molecule has 0 amide bonds. The third-order valence-corrected chi connectivity index (χ3v) is 4.47. The average Bonchev–Trinajstić information content (AvgIpc) is 2.56. The molecule has 1 aliphatic rings. The highest BCUT2D eigenvalue weighted by molar-refractivity contribution is 7.99. The average molecular weight is 224 g/mol. The van der Waals surface area contributed by atoms with Crippen molar-refractivity contribution in [3.63, 3.8) is 0 Å². The van der Waals surface area contributed by atoms with Crippen molar-refractivity contribution in [3.8, 4) is 0 Å². The number of aromatic nitrogens is 2. The van der Waals surface area contributed by atoms with Gasteiger partial charge >= 0.3 is 0 Å². The minimum Gasteiger partial charge on any atom is -0.262 e. The van der Waals surface area contributed by atoms with E-state index in [4.69, 9.17) is 0 Å². The monoisotopic (exact) mass is 224 g/mol. The first-order chi connectivity index (χ1) is 7.25. The molecule has 3 heteroatoms. The van der Waals surface area contributed by atoms with Gasteiger partial charge in [-0.2, -0.15) is 5.10 Å². The summed E-state index contributed by atoms with van der Waals surface area (Å²) in [5, 5.41) is 5.69. The highest BCUT2D eigenvalue weighted by Gasteiger charge is 2.14. The molecule has 15 heavy (non-hydrogen) atoms. The van der Waals surface area contributed by atoms with Gasteiger partial charge in [-0.3, -0.25) is 4.68 Å². The first-order valence-corrected chi connectivity index (χ1v) is 6.87. The fourth-order valence-electron chi connectivity index (χ4n) is 2.28. The van der Waals surface area contributed by atoms with Crippen LogP contribution in [0.2, 0.25) is 0 Å². The molecule has 0 spiro atoms. The molecule has 0 aliphatic heterocycles. The van der Waals surface area contributed by atoms with E-state index in [1.807, 2.05) is 23.5 Å². The molecule has 84 valence electrons. The highest BCUT2D eigenvalue weighted by Crippen LogP contribution is 2.29. The lowest BCUT2D eigenvalue weighted by molar-refractivity contribution is 0.390. The summed E-state index contributed by atoms with van der Waals surface area (Å²) in [6, 6.07) is 2.19. The summed E-state index contributed by atoms with van der Waals surface area (Å²) < 4.78 is 2.00. The number of thioether (sulfide) groups is 1. The van der Waals surface area contributed by atoms with Gasteiger partial charge in [-0.1, -0.05) is 19.3 Å². The fourth-order valence-corrected chi connectivity index (χ4v) is 3.50. The Hall–Kier alpha value is -0.440. The number of nitrogens with zero attached hydrogens (tertiary/aromatic N) is 2. The van der Waals surface area contributed by atoms with Gasteiger partial charge in [-0.05, 0) is 31.7 Å². The summed E-state index contributed by atoms with van der Waals surface area (Å²) in [6.45, 7) is 2.06. The van der Waals surface area contributed by atoms with Gasteiger partial charge in [0.25, 0.3) is 0 Å². The third-order valence-electron chi connectivity index (χ3n) is 3.15. The second-order valence-corrected chi connectivity index (χ2v) is 5.60. The van der Waals surface area contributed by atoms with E-state index in [1.165, 1.54) is 42.9 Å². The fraction of sp³-hybridized carbons (Fsp3) is 0.750. The number of hydrogen-bond acceptors (Lipinski definition) is 2. The zero-order valence-corrected chi connectivity index (χ0v) is 10.5. The molecule has 0 radical (unpaired) electrons. The van der Waals surface area contributed by atoms with E-state index in [1.54, 1.807) is 0 Å². The Bertz CT molecular complexity index is 313. The Morgan fingerprint density at radius 1 is 1.40 bits per heavy atom. The Balaban J connectivity index is 1.84. The molecule has 0 atom stereocenters. The molecule has 2 nitrogen and oxygen atoms in total. The normalized spacial score (nSPS) is 18.3. The van der Waals surface area contributed by atoms with Gasteiger partial charge in [0.2, 0.25) is 0 Å².